The summed E-state index contributed by atoms with van der Waals surface area (Å²) in [5, 5.41) is 4.06. The summed E-state index contributed by atoms with van der Waals surface area (Å²) in [6, 6.07) is 7.83. The molecule has 0 spiro atoms. The van der Waals surface area contributed by atoms with E-state index in [4.69, 9.17) is 27.8 Å². The van der Waals surface area contributed by atoms with Gasteiger partial charge in [-0.3, -0.25) is 30.0 Å². The fraction of sp³-hybridized carbons (Fsp3) is 0.364. The Hall–Kier alpha value is -3.38. The normalized spacial score (nSPS) is 15.7. The zero-order chi connectivity index (χ0) is 25.2. The molecule has 1 fully saturated rings. The average molecular weight is 520 g/mol. The number of halogens is 1. The number of rotatable bonds is 11. The van der Waals surface area contributed by atoms with Crippen molar-refractivity contribution >= 4 is 52.2 Å². The van der Waals surface area contributed by atoms with Crippen molar-refractivity contribution in [2.45, 2.75) is 37.4 Å². The molecule has 11 nitrogen and oxygen atoms in total. The third kappa shape index (κ3) is 8.41. The summed E-state index contributed by atoms with van der Waals surface area (Å²) in [6.45, 7) is 0.941. The van der Waals surface area contributed by atoms with E-state index < -0.39 is 5.91 Å². The van der Waals surface area contributed by atoms with Gasteiger partial charge in [0.15, 0.2) is 16.9 Å². The molecule has 3 rings (SSSR count). The molecule has 1 aromatic carbocycles. The lowest BCUT2D eigenvalue weighted by Gasteiger charge is -2.08. The van der Waals surface area contributed by atoms with Crippen molar-refractivity contribution in [3.63, 3.8) is 0 Å². The van der Waals surface area contributed by atoms with Crippen LogP contribution in [0.3, 0.4) is 0 Å². The monoisotopic (exact) mass is 519 g/mol. The van der Waals surface area contributed by atoms with Gasteiger partial charge in [-0.05, 0) is 49.8 Å². The number of aryl methyl sites for hydroxylation is 1. The number of aliphatic imine (C=N–C) groups is 1. The lowest BCUT2D eigenvalue weighted by Crippen LogP contribution is -2.37. The number of nitrogen functional groups attached to an aromatic ring is 1. The van der Waals surface area contributed by atoms with E-state index in [2.05, 4.69) is 25.6 Å². The number of hydrogen-bond donors (Lipinski definition) is 4. The minimum Gasteiger partial charge on any atom is -0.494 e. The minimum absolute atomic E-state index is 0.00789. The number of nitrogens with one attached hydrogen (secondary N) is 2. The van der Waals surface area contributed by atoms with Crippen LogP contribution in [0.2, 0.25) is 5.15 Å². The van der Waals surface area contributed by atoms with Crippen LogP contribution in [0.5, 0.6) is 5.75 Å². The highest BCUT2D eigenvalue weighted by molar-refractivity contribution is 8.15. The van der Waals surface area contributed by atoms with Crippen LogP contribution in [0, 0.1) is 0 Å². The molecule has 35 heavy (non-hydrogen) atoms. The van der Waals surface area contributed by atoms with Crippen molar-refractivity contribution in [2.24, 2.45) is 10.7 Å². The number of nitrogens with two attached hydrogens (primary N) is 2. The number of aromatic nitrogens is 2. The van der Waals surface area contributed by atoms with Crippen molar-refractivity contribution in [1.82, 2.24) is 20.6 Å². The van der Waals surface area contributed by atoms with Crippen molar-refractivity contribution < 1.29 is 19.1 Å². The standard InChI is InChI=1S/C22H26ClN7O4S/c23-17-18(24)27-12-15(28-17)19(31)29-21(25)26-10-2-1-4-13-6-8-14(9-7-13)34-11-3-5-16-20(32)30-22(33)35-16/h6-9,12,16H,1-5,10-11H2,(H2,24,27)(H,30,32,33)(H3,25,26,29,31). The summed E-state index contributed by atoms with van der Waals surface area (Å²) in [7, 11) is 0. The van der Waals surface area contributed by atoms with Crippen molar-refractivity contribution in [3.05, 3.63) is 46.9 Å². The minimum atomic E-state index is -0.569. The number of benzene rings is 1. The number of anilines is 1. The summed E-state index contributed by atoms with van der Waals surface area (Å²) in [5.41, 5.74) is 12.4. The second-order valence-electron chi connectivity index (χ2n) is 7.63. The molecule has 6 N–H and O–H groups in total. The molecule has 1 saturated heterocycles. The van der Waals surface area contributed by atoms with Crippen molar-refractivity contribution in [2.75, 3.05) is 18.9 Å². The summed E-state index contributed by atoms with van der Waals surface area (Å²) in [4.78, 5) is 46.5. The zero-order valence-corrected chi connectivity index (χ0v) is 20.4. The molecule has 2 aromatic rings. The predicted molar refractivity (Wildman–Crippen MR) is 134 cm³/mol. The van der Waals surface area contributed by atoms with Gasteiger partial charge in [0, 0.05) is 6.54 Å². The topological polar surface area (TPSA) is 175 Å². The van der Waals surface area contributed by atoms with Gasteiger partial charge in [0.1, 0.15) is 11.4 Å². The second-order valence-corrected chi connectivity index (χ2v) is 9.16. The van der Waals surface area contributed by atoms with Gasteiger partial charge in [0.05, 0.1) is 18.1 Å². The summed E-state index contributed by atoms with van der Waals surface area (Å²) in [5.74, 6) is -0.00224. The SMILES string of the molecule is NC(=NCCCCc1ccc(OCCCC2SC(=O)NC2=O)cc1)NC(=O)c1cnc(N)c(Cl)n1. The number of unbranched alkanes of at least 4 members (excludes halogenated alkanes) is 1. The molecule has 1 aliphatic heterocycles. The lowest BCUT2D eigenvalue weighted by atomic mass is 10.1. The molecular formula is C22H26ClN7O4S. The third-order valence-electron chi connectivity index (χ3n) is 4.96. The molecular weight excluding hydrogens is 494 g/mol. The van der Waals surface area contributed by atoms with Crippen LogP contribution in [0.1, 0.15) is 41.7 Å². The first-order valence-corrected chi connectivity index (χ1v) is 12.2. The van der Waals surface area contributed by atoms with E-state index in [1.54, 1.807) is 0 Å². The molecule has 1 unspecified atom stereocenters. The van der Waals surface area contributed by atoms with Gasteiger partial charge in [-0.2, -0.15) is 0 Å². The van der Waals surface area contributed by atoms with Gasteiger partial charge in [0.25, 0.3) is 11.1 Å². The number of carbonyl (C=O) groups is 3. The van der Waals surface area contributed by atoms with Gasteiger partial charge >= 0.3 is 0 Å². The van der Waals surface area contributed by atoms with Gasteiger partial charge < -0.3 is 16.2 Å². The highest BCUT2D eigenvalue weighted by atomic mass is 35.5. The number of nitrogens with zero attached hydrogens (tertiary/aromatic N) is 3. The van der Waals surface area contributed by atoms with Gasteiger partial charge in [-0.25, -0.2) is 9.97 Å². The Balaban J connectivity index is 1.29. The van der Waals surface area contributed by atoms with E-state index >= 15 is 0 Å². The highest BCUT2D eigenvalue weighted by Gasteiger charge is 2.30. The molecule has 2 heterocycles. The predicted octanol–water partition coefficient (Wildman–Crippen LogP) is 2.29. The summed E-state index contributed by atoms with van der Waals surface area (Å²) in [6.07, 6.45) is 5.04. The van der Waals surface area contributed by atoms with Crippen LogP contribution >= 0.6 is 23.4 Å². The number of amides is 3. The number of thioether (sulfide) groups is 1. The summed E-state index contributed by atoms with van der Waals surface area (Å²) >= 11 is 6.80. The Bertz CT molecular complexity index is 1100. The number of imide groups is 1. The van der Waals surface area contributed by atoms with E-state index in [1.807, 2.05) is 24.3 Å². The zero-order valence-electron chi connectivity index (χ0n) is 18.8. The Morgan fingerprint density at radius 1 is 1.23 bits per heavy atom. The van der Waals surface area contributed by atoms with E-state index in [0.29, 0.717) is 26.0 Å². The van der Waals surface area contributed by atoms with Crippen LogP contribution in [0.25, 0.3) is 0 Å². The van der Waals surface area contributed by atoms with Crippen LogP contribution in [-0.4, -0.2) is 51.4 Å². The summed E-state index contributed by atoms with van der Waals surface area (Å²) < 4.78 is 5.71. The third-order valence-corrected chi connectivity index (χ3v) is 6.28. The van der Waals surface area contributed by atoms with E-state index in [-0.39, 0.29) is 39.0 Å². The van der Waals surface area contributed by atoms with Crippen LogP contribution in [0.4, 0.5) is 10.6 Å². The number of ether oxygens (including phenoxy) is 1. The molecule has 1 atom stereocenters. The maximum Gasteiger partial charge on any atom is 0.286 e. The quantitative estimate of drug-likeness (QED) is 0.197. The maximum absolute atomic E-state index is 12.1. The number of hydrogen-bond acceptors (Lipinski definition) is 9. The molecule has 3 amide bonds. The average Bonchev–Trinajstić information content (AvgIpc) is 3.15. The Morgan fingerprint density at radius 2 is 2.00 bits per heavy atom. The van der Waals surface area contributed by atoms with Gasteiger partial charge in [-0.1, -0.05) is 35.5 Å². The van der Waals surface area contributed by atoms with Crippen LogP contribution in [-0.2, 0) is 11.2 Å². The first kappa shape index (κ1) is 26.2. The molecule has 186 valence electrons. The van der Waals surface area contributed by atoms with E-state index in [9.17, 15) is 14.4 Å². The first-order valence-electron chi connectivity index (χ1n) is 10.9. The van der Waals surface area contributed by atoms with Crippen LogP contribution < -0.4 is 26.8 Å². The largest absolute Gasteiger partial charge is 0.494 e. The fourth-order valence-electron chi connectivity index (χ4n) is 3.14. The molecule has 0 bridgehead atoms. The van der Waals surface area contributed by atoms with Crippen molar-refractivity contribution in [3.8, 4) is 5.75 Å². The smallest absolute Gasteiger partial charge is 0.286 e. The molecule has 0 radical (unpaired) electrons. The van der Waals surface area contributed by atoms with Gasteiger partial charge in [0.2, 0.25) is 5.91 Å². The molecule has 1 aromatic heterocycles. The van der Waals surface area contributed by atoms with E-state index in [1.165, 1.54) is 11.8 Å². The Labute approximate surface area is 211 Å². The highest BCUT2D eigenvalue weighted by Crippen LogP contribution is 2.23. The van der Waals surface area contributed by atoms with E-state index in [0.717, 1.165) is 36.8 Å². The molecule has 0 saturated carbocycles. The molecule has 0 aliphatic carbocycles. The van der Waals surface area contributed by atoms with Crippen LogP contribution in [0.15, 0.2) is 35.5 Å². The number of guanidine groups is 1. The second kappa shape index (κ2) is 12.9. The molecule has 1 aliphatic rings. The maximum atomic E-state index is 12.1. The number of carbonyl (C=O) groups excluding carboxylic acids is 3. The first-order chi connectivity index (χ1) is 16.8. The van der Waals surface area contributed by atoms with Gasteiger partial charge in [-0.15, -0.1) is 0 Å². The van der Waals surface area contributed by atoms with Crippen molar-refractivity contribution in [1.29, 1.82) is 0 Å². The molecule has 13 heteroatoms. The Kier molecular flexibility index (Phi) is 9.67. The fourth-order valence-corrected chi connectivity index (χ4v) is 4.15. The Morgan fingerprint density at radius 3 is 2.69 bits per heavy atom. The lowest BCUT2D eigenvalue weighted by molar-refractivity contribution is -0.119.